The number of benzene rings is 2. The van der Waals surface area contributed by atoms with Gasteiger partial charge < -0.3 is 39.3 Å². The van der Waals surface area contributed by atoms with Crippen molar-refractivity contribution in [3.05, 3.63) is 70.9 Å². The van der Waals surface area contributed by atoms with Gasteiger partial charge in [-0.15, -0.1) is 0 Å². The third-order valence-corrected chi connectivity index (χ3v) is 15.6. The van der Waals surface area contributed by atoms with E-state index in [0.717, 1.165) is 52.7 Å². The quantitative estimate of drug-likeness (QED) is 0.0585. The average Bonchev–Trinajstić information content (AvgIpc) is 3.73. The Kier molecular flexibility index (Phi) is 13.3. The van der Waals surface area contributed by atoms with E-state index in [2.05, 4.69) is 57.3 Å². The predicted octanol–water partition coefficient (Wildman–Crippen LogP) is 6.67. The molecule has 64 heavy (non-hydrogen) atoms. The lowest BCUT2D eigenvalue weighted by Crippen LogP contribution is -2.66. The lowest BCUT2D eigenvalue weighted by Gasteiger charge is -2.55. The molecule has 7 rings (SSSR count). The van der Waals surface area contributed by atoms with E-state index in [1.807, 2.05) is 51.4 Å². The molecular formula is C50H67N5O8S. The third kappa shape index (κ3) is 7.76. The first-order valence-corrected chi connectivity index (χ1v) is 23.2. The number of aromatic nitrogens is 1. The number of methoxy groups -OCH3 is 3. The number of fused-ring (bicyclic) bond motifs is 5. The lowest BCUT2D eigenvalue weighted by atomic mass is 9.57. The molecule has 1 saturated carbocycles. The molecule has 3 N–H and O–H groups in total. The highest BCUT2D eigenvalue weighted by Crippen LogP contribution is 2.60. The van der Waals surface area contributed by atoms with E-state index in [-0.39, 0.29) is 17.8 Å². The summed E-state index contributed by atoms with van der Waals surface area (Å²) in [6.45, 7) is 11.7. The van der Waals surface area contributed by atoms with E-state index in [4.69, 9.17) is 36.2 Å². The van der Waals surface area contributed by atoms with Crippen molar-refractivity contribution in [2.45, 2.75) is 114 Å². The molecule has 0 bridgehead atoms. The molecule has 2 aromatic carbocycles. The summed E-state index contributed by atoms with van der Waals surface area (Å²) in [5, 5.41) is 19.6. The lowest BCUT2D eigenvalue weighted by molar-refractivity contribution is -0.200. The summed E-state index contributed by atoms with van der Waals surface area (Å²) >= 11 is 5.21. The van der Waals surface area contributed by atoms with Gasteiger partial charge in [0.15, 0.2) is 11.7 Å². The molecule has 3 aromatic rings. The molecule has 3 aliphatic heterocycles. The molecule has 13 nitrogen and oxygen atoms in total. The minimum atomic E-state index is -2.20. The number of aliphatic hydroxyl groups is 1. The first-order valence-electron chi connectivity index (χ1n) is 22.8. The number of carbonyl (C=O) groups excluding carboxylic acids is 3. The molecule has 2 fully saturated rings. The molecule has 2 unspecified atom stereocenters. The topological polar surface area (TPSA) is 155 Å². The zero-order chi connectivity index (χ0) is 46.4. The van der Waals surface area contributed by atoms with E-state index >= 15 is 4.79 Å². The van der Waals surface area contributed by atoms with Crippen LogP contribution in [0.3, 0.4) is 0 Å². The number of hydrogen-bond donors (Lipinski definition) is 3. The van der Waals surface area contributed by atoms with Crippen molar-refractivity contribution in [1.29, 1.82) is 0 Å². The van der Waals surface area contributed by atoms with Gasteiger partial charge in [0.25, 0.3) is 0 Å². The zero-order valence-corrected chi connectivity index (χ0v) is 40.1. The van der Waals surface area contributed by atoms with Gasteiger partial charge in [-0.25, -0.2) is 9.79 Å². The Hall–Kier alpha value is -4.59. The summed E-state index contributed by atoms with van der Waals surface area (Å²) in [4.78, 5) is 55.0. The van der Waals surface area contributed by atoms with Gasteiger partial charge in [-0.05, 0) is 112 Å². The minimum absolute atomic E-state index is 0.143. The Labute approximate surface area is 383 Å². The second kappa shape index (κ2) is 18.0. The SMILES string of the molecule is CCC1(N=C=S)CNCCc2c([nH]c3ccccc23)[C@@](C(=O)OC)(c2cc([C@]3(C)CCN4CC=C[C@@](CC)([C@@H](OC(C)=O)C(C)(O)C(=O)OC)[C@H]43)c(N(C)C)cc2OC)C[C@@H]2C[C@@H]2C1. The van der Waals surface area contributed by atoms with Crippen LogP contribution in [0.5, 0.6) is 5.75 Å². The smallest absolute Gasteiger partial charge is 0.341 e. The Morgan fingerprint density at radius 2 is 1.81 bits per heavy atom. The van der Waals surface area contributed by atoms with E-state index in [1.165, 1.54) is 28.1 Å². The van der Waals surface area contributed by atoms with E-state index in [1.54, 1.807) is 7.11 Å². The van der Waals surface area contributed by atoms with Crippen LogP contribution in [0.1, 0.15) is 95.5 Å². The van der Waals surface area contributed by atoms with Crippen LogP contribution in [-0.4, -0.2) is 123 Å². The number of nitrogens with zero attached hydrogens (tertiary/aromatic N) is 3. The van der Waals surface area contributed by atoms with Crippen LogP contribution in [0, 0.1) is 17.3 Å². The monoisotopic (exact) mass is 897 g/mol. The predicted molar refractivity (Wildman–Crippen MR) is 251 cm³/mol. The van der Waals surface area contributed by atoms with Crippen LogP contribution in [-0.2, 0) is 45.8 Å². The van der Waals surface area contributed by atoms with E-state index in [9.17, 15) is 14.7 Å². The van der Waals surface area contributed by atoms with Gasteiger partial charge in [0.2, 0.25) is 0 Å². The first kappa shape index (κ1) is 47.4. The number of aliphatic imine (C=N–C) groups is 1. The van der Waals surface area contributed by atoms with Crippen LogP contribution in [0.2, 0.25) is 0 Å². The molecular weight excluding hydrogens is 831 g/mol. The Morgan fingerprint density at radius 3 is 2.45 bits per heavy atom. The summed E-state index contributed by atoms with van der Waals surface area (Å²) in [6, 6.07) is 12.0. The summed E-state index contributed by atoms with van der Waals surface area (Å²) < 4.78 is 23.7. The standard InChI is InChI=1S/C50H67N5O8S/c1-11-48(52-30-64)27-32-24-33(32)28-50(45(58)62-10,41-35(18-21-51-29-48)34-16-13-14-17-38(34)53-41)37-25-36(39(54(6)7)26-40(37)60-8)46(4)20-23-55-22-15-19-49(12-2,42(46)55)43(63-31(3)56)47(5,59)44(57)61-9/h13-17,19,25-26,32-33,42-43,51,53,59H,11-12,18,20-24,27-29H2,1-10H3/t32-,33+,42-,43+,46+,47?,48?,49-,50+/m1/s1. The number of para-hydroxylation sites is 1. The van der Waals surface area contributed by atoms with Gasteiger partial charge in [-0.3, -0.25) is 14.5 Å². The Balaban J connectivity index is 1.53. The fourth-order valence-corrected chi connectivity index (χ4v) is 12.5. The number of isothiocyanates is 1. The number of carbonyl (C=O) groups is 3. The van der Waals surface area contributed by atoms with E-state index < -0.39 is 51.5 Å². The number of anilines is 1. The highest BCUT2D eigenvalue weighted by atomic mass is 32.1. The number of esters is 3. The van der Waals surface area contributed by atoms with Gasteiger partial charge in [-0.1, -0.05) is 51.1 Å². The molecule has 0 radical (unpaired) electrons. The number of nitrogens with one attached hydrogen (secondary N) is 2. The summed E-state index contributed by atoms with van der Waals surface area (Å²) in [6.07, 6.45) is 7.47. The van der Waals surface area contributed by atoms with Crippen molar-refractivity contribution < 1.29 is 38.4 Å². The molecule has 14 heteroatoms. The Morgan fingerprint density at radius 1 is 1.08 bits per heavy atom. The summed E-state index contributed by atoms with van der Waals surface area (Å²) in [5.74, 6) is -0.936. The second-order valence-corrected chi connectivity index (χ2v) is 19.5. The Bertz CT molecular complexity index is 2360. The molecule has 4 aliphatic rings. The van der Waals surface area contributed by atoms with Crippen LogP contribution in [0.25, 0.3) is 10.9 Å². The van der Waals surface area contributed by atoms with Crippen molar-refractivity contribution in [1.82, 2.24) is 15.2 Å². The van der Waals surface area contributed by atoms with E-state index in [0.29, 0.717) is 63.2 Å². The normalized spacial score (nSPS) is 30.5. The van der Waals surface area contributed by atoms with Crippen LogP contribution in [0.15, 0.2) is 53.5 Å². The van der Waals surface area contributed by atoms with Crippen molar-refractivity contribution in [2.75, 3.05) is 66.5 Å². The molecule has 0 amide bonds. The van der Waals surface area contributed by atoms with Gasteiger partial charge in [-0.2, -0.15) is 0 Å². The number of aromatic amines is 1. The molecule has 0 spiro atoms. The fraction of sp³-hybridized carbons (Fsp3) is 0.600. The minimum Gasteiger partial charge on any atom is -0.496 e. The molecule has 1 aromatic heterocycles. The summed E-state index contributed by atoms with van der Waals surface area (Å²) in [5.41, 5.74) is -0.479. The number of H-pyrrole nitrogens is 1. The third-order valence-electron chi connectivity index (χ3n) is 15.5. The number of hydrogen-bond acceptors (Lipinski definition) is 13. The first-order chi connectivity index (χ1) is 30.5. The van der Waals surface area contributed by atoms with Gasteiger partial charge in [0.1, 0.15) is 11.2 Å². The van der Waals surface area contributed by atoms with Crippen molar-refractivity contribution in [3.63, 3.8) is 0 Å². The maximum atomic E-state index is 15.5. The van der Waals surface area contributed by atoms with Crippen molar-refractivity contribution in [3.8, 4) is 5.75 Å². The van der Waals surface area contributed by atoms with Gasteiger partial charge >= 0.3 is 17.9 Å². The molecule has 346 valence electrons. The summed E-state index contributed by atoms with van der Waals surface area (Å²) in [7, 11) is 8.33. The highest BCUT2D eigenvalue weighted by molar-refractivity contribution is 7.78. The number of rotatable bonds is 12. The maximum absolute atomic E-state index is 15.5. The van der Waals surface area contributed by atoms with Gasteiger partial charge in [0.05, 0.1) is 32.0 Å². The van der Waals surface area contributed by atoms with Crippen molar-refractivity contribution in [2.24, 2.45) is 22.2 Å². The van der Waals surface area contributed by atoms with Crippen LogP contribution < -0.4 is 15.0 Å². The van der Waals surface area contributed by atoms with Gasteiger partial charge in [0, 0.05) is 84.9 Å². The number of thiocarbonyl (C=S) groups is 1. The zero-order valence-electron chi connectivity index (χ0n) is 39.3. The van der Waals surface area contributed by atoms with Crippen LogP contribution in [0.4, 0.5) is 5.69 Å². The molecule has 4 heterocycles. The van der Waals surface area contributed by atoms with Crippen LogP contribution >= 0.6 is 12.2 Å². The molecule has 1 saturated heterocycles. The van der Waals surface area contributed by atoms with Crippen molar-refractivity contribution >= 4 is 51.9 Å². The molecule has 9 atom stereocenters. The highest BCUT2D eigenvalue weighted by Gasteiger charge is 2.65. The second-order valence-electron chi connectivity index (χ2n) is 19.3. The largest absolute Gasteiger partial charge is 0.496 e. The average molecular weight is 898 g/mol. The number of ether oxygens (including phenoxy) is 4. The molecule has 1 aliphatic carbocycles. The fourth-order valence-electron chi connectivity index (χ4n) is 12.3. The maximum Gasteiger partial charge on any atom is 0.341 e.